The number of nitrogens with one attached hydrogen (secondary N) is 1. The zero-order valence-electron chi connectivity index (χ0n) is 16.2. The normalized spacial score (nSPS) is 11.7. The van der Waals surface area contributed by atoms with Crippen LogP contribution in [0.2, 0.25) is 0 Å². The summed E-state index contributed by atoms with van der Waals surface area (Å²) in [6.07, 6.45) is 1.54. The third-order valence-corrected chi connectivity index (χ3v) is 6.60. The molecular formula is C20H22N4O4S. The Morgan fingerprint density at radius 1 is 1.07 bits per heavy atom. The lowest BCUT2D eigenvalue weighted by Crippen LogP contribution is -2.30. The largest absolute Gasteiger partial charge is 0.324 e. The SMILES string of the molecule is CCN(CC)S(=O)(=O)c1ccc(NC(=O)Cn2ncc3ccccc3c2=O)cc1. The number of aromatic nitrogens is 2. The average Bonchev–Trinajstić information content (AvgIpc) is 2.71. The maximum atomic E-state index is 12.5. The van der Waals surface area contributed by atoms with E-state index < -0.39 is 15.9 Å². The van der Waals surface area contributed by atoms with Gasteiger partial charge in [-0.3, -0.25) is 9.59 Å². The Bertz CT molecular complexity index is 1180. The fourth-order valence-corrected chi connectivity index (χ4v) is 4.46. The summed E-state index contributed by atoms with van der Waals surface area (Å²) in [5, 5.41) is 7.88. The average molecular weight is 414 g/mol. The number of benzene rings is 2. The first-order valence-corrected chi connectivity index (χ1v) is 10.7. The number of rotatable bonds is 7. The van der Waals surface area contributed by atoms with Crippen molar-refractivity contribution in [2.75, 3.05) is 18.4 Å². The van der Waals surface area contributed by atoms with E-state index in [1.165, 1.54) is 34.8 Å². The Kier molecular flexibility index (Phi) is 6.09. The summed E-state index contributed by atoms with van der Waals surface area (Å²) in [4.78, 5) is 24.9. The molecular weight excluding hydrogens is 392 g/mol. The van der Waals surface area contributed by atoms with Gasteiger partial charge in [0, 0.05) is 24.2 Å². The molecule has 1 N–H and O–H groups in total. The lowest BCUT2D eigenvalue weighted by molar-refractivity contribution is -0.117. The molecule has 0 aliphatic rings. The lowest BCUT2D eigenvalue weighted by Gasteiger charge is -2.18. The Morgan fingerprint density at radius 2 is 1.72 bits per heavy atom. The van der Waals surface area contributed by atoms with E-state index in [0.29, 0.717) is 29.5 Å². The Labute approximate surface area is 168 Å². The molecule has 3 rings (SSSR count). The minimum absolute atomic E-state index is 0.159. The number of carbonyl (C=O) groups excluding carboxylic acids is 1. The summed E-state index contributed by atoms with van der Waals surface area (Å²) in [6, 6.07) is 13.0. The highest BCUT2D eigenvalue weighted by atomic mass is 32.2. The molecule has 0 aliphatic carbocycles. The Hall–Kier alpha value is -3.04. The lowest BCUT2D eigenvalue weighted by atomic mass is 10.2. The fourth-order valence-electron chi connectivity index (χ4n) is 3.00. The molecule has 0 saturated heterocycles. The summed E-state index contributed by atoms with van der Waals surface area (Å²) < 4.78 is 27.5. The molecule has 0 atom stereocenters. The topological polar surface area (TPSA) is 101 Å². The smallest absolute Gasteiger partial charge is 0.275 e. The van der Waals surface area contributed by atoms with Crippen molar-refractivity contribution in [1.29, 1.82) is 0 Å². The number of anilines is 1. The Morgan fingerprint density at radius 3 is 2.38 bits per heavy atom. The number of nitrogens with zero attached hydrogens (tertiary/aromatic N) is 3. The monoisotopic (exact) mass is 414 g/mol. The second kappa shape index (κ2) is 8.54. The summed E-state index contributed by atoms with van der Waals surface area (Å²) in [6.45, 7) is 4.07. The van der Waals surface area contributed by atoms with Gasteiger partial charge in [-0.2, -0.15) is 9.40 Å². The molecule has 3 aromatic rings. The van der Waals surface area contributed by atoms with Crippen LogP contribution in [0.15, 0.2) is 64.4 Å². The van der Waals surface area contributed by atoms with E-state index in [0.717, 1.165) is 4.68 Å². The molecule has 9 heteroatoms. The molecule has 0 saturated carbocycles. The zero-order chi connectivity index (χ0) is 21.0. The summed E-state index contributed by atoms with van der Waals surface area (Å²) in [7, 11) is -3.56. The van der Waals surface area contributed by atoms with Crippen LogP contribution in [0.4, 0.5) is 5.69 Å². The molecule has 29 heavy (non-hydrogen) atoms. The van der Waals surface area contributed by atoms with Crippen LogP contribution in [-0.2, 0) is 21.4 Å². The quantitative estimate of drug-likeness (QED) is 0.638. The second-order valence-corrected chi connectivity index (χ2v) is 8.29. The zero-order valence-corrected chi connectivity index (χ0v) is 17.0. The van der Waals surface area contributed by atoms with E-state index in [2.05, 4.69) is 10.4 Å². The number of amides is 1. The molecule has 2 aromatic carbocycles. The van der Waals surface area contributed by atoms with Crippen LogP contribution in [0.5, 0.6) is 0 Å². The summed E-state index contributed by atoms with van der Waals surface area (Å²) in [5.74, 6) is -0.436. The Balaban J connectivity index is 1.73. The molecule has 0 bridgehead atoms. The van der Waals surface area contributed by atoms with Crippen LogP contribution in [0.3, 0.4) is 0 Å². The van der Waals surface area contributed by atoms with Crippen molar-refractivity contribution in [3.8, 4) is 0 Å². The first-order valence-electron chi connectivity index (χ1n) is 9.21. The van der Waals surface area contributed by atoms with Gasteiger partial charge in [0.2, 0.25) is 15.9 Å². The maximum Gasteiger partial charge on any atom is 0.275 e. The van der Waals surface area contributed by atoms with Crippen molar-refractivity contribution in [3.05, 3.63) is 65.1 Å². The molecule has 8 nitrogen and oxygen atoms in total. The third-order valence-electron chi connectivity index (χ3n) is 4.54. The maximum absolute atomic E-state index is 12.5. The van der Waals surface area contributed by atoms with Gasteiger partial charge in [0.1, 0.15) is 6.54 Å². The molecule has 1 heterocycles. The van der Waals surface area contributed by atoms with Gasteiger partial charge >= 0.3 is 0 Å². The molecule has 0 spiro atoms. The van der Waals surface area contributed by atoms with Crippen LogP contribution in [0, 0.1) is 0 Å². The molecule has 1 aromatic heterocycles. The van der Waals surface area contributed by atoms with Crippen molar-refractivity contribution < 1.29 is 13.2 Å². The van der Waals surface area contributed by atoms with E-state index in [4.69, 9.17) is 0 Å². The van der Waals surface area contributed by atoms with E-state index in [9.17, 15) is 18.0 Å². The molecule has 152 valence electrons. The number of carbonyl (C=O) groups is 1. The highest BCUT2D eigenvalue weighted by Gasteiger charge is 2.21. The van der Waals surface area contributed by atoms with Crippen molar-refractivity contribution in [2.45, 2.75) is 25.3 Å². The summed E-state index contributed by atoms with van der Waals surface area (Å²) in [5.41, 5.74) is 0.0845. The molecule has 0 unspecified atom stereocenters. The number of sulfonamides is 1. The number of fused-ring (bicyclic) bond motifs is 1. The van der Waals surface area contributed by atoms with E-state index in [-0.39, 0.29) is 17.0 Å². The second-order valence-electron chi connectivity index (χ2n) is 6.36. The molecule has 0 fully saturated rings. The first kappa shape index (κ1) is 20.7. The van der Waals surface area contributed by atoms with E-state index in [1.54, 1.807) is 32.0 Å². The molecule has 0 radical (unpaired) electrons. The van der Waals surface area contributed by atoms with Gasteiger partial charge in [-0.15, -0.1) is 0 Å². The van der Waals surface area contributed by atoms with Crippen LogP contribution in [0.1, 0.15) is 13.8 Å². The first-order chi connectivity index (χ1) is 13.9. The fraction of sp³-hybridized carbons (Fsp3) is 0.250. The van der Waals surface area contributed by atoms with Gasteiger partial charge < -0.3 is 5.32 Å². The van der Waals surface area contributed by atoms with E-state index in [1.807, 2.05) is 6.07 Å². The van der Waals surface area contributed by atoms with Gasteiger partial charge in [-0.05, 0) is 30.3 Å². The van der Waals surface area contributed by atoms with Crippen molar-refractivity contribution in [2.24, 2.45) is 0 Å². The highest BCUT2D eigenvalue weighted by molar-refractivity contribution is 7.89. The van der Waals surface area contributed by atoms with Gasteiger partial charge in [0.25, 0.3) is 5.56 Å². The van der Waals surface area contributed by atoms with Gasteiger partial charge in [-0.1, -0.05) is 32.0 Å². The summed E-state index contributed by atoms with van der Waals surface area (Å²) >= 11 is 0. The van der Waals surface area contributed by atoms with Crippen LogP contribution < -0.4 is 10.9 Å². The van der Waals surface area contributed by atoms with Crippen molar-refractivity contribution >= 4 is 32.4 Å². The van der Waals surface area contributed by atoms with Gasteiger partial charge in [0.15, 0.2) is 0 Å². The predicted molar refractivity (Wildman–Crippen MR) is 111 cm³/mol. The number of hydrogen-bond donors (Lipinski definition) is 1. The molecule has 1 amide bonds. The van der Waals surface area contributed by atoms with Crippen LogP contribution in [-0.4, -0.2) is 41.5 Å². The van der Waals surface area contributed by atoms with Gasteiger partial charge in [-0.25, -0.2) is 13.1 Å². The van der Waals surface area contributed by atoms with Crippen molar-refractivity contribution in [1.82, 2.24) is 14.1 Å². The predicted octanol–water partition coefficient (Wildman–Crippen LogP) is 2.07. The third kappa shape index (κ3) is 4.36. The highest BCUT2D eigenvalue weighted by Crippen LogP contribution is 2.18. The van der Waals surface area contributed by atoms with Crippen LogP contribution >= 0.6 is 0 Å². The molecule has 0 aliphatic heterocycles. The van der Waals surface area contributed by atoms with Gasteiger partial charge in [0.05, 0.1) is 16.5 Å². The minimum Gasteiger partial charge on any atom is -0.324 e. The van der Waals surface area contributed by atoms with E-state index >= 15 is 0 Å². The standard InChI is InChI=1S/C20H22N4O4S/c1-3-23(4-2)29(27,28)17-11-9-16(10-12-17)22-19(25)14-24-20(26)18-8-6-5-7-15(18)13-21-24/h5-13H,3-4,14H2,1-2H3,(H,22,25). The van der Waals surface area contributed by atoms with Crippen molar-refractivity contribution in [3.63, 3.8) is 0 Å². The number of hydrogen-bond acceptors (Lipinski definition) is 5. The van der Waals surface area contributed by atoms with Crippen LogP contribution in [0.25, 0.3) is 10.8 Å². The minimum atomic E-state index is -3.56.